The molecule has 1 amide bonds. The van der Waals surface area contributed by atoms with Crippen LogP contribution >= 0.6 is 11.6 Å². The van der Waals surface area contributed by atoms with E-state index in [-0.39, 0.29) is 5.28 Å². The largest absolute Gasteiger partial charge is 0.370 e. The summed E-state index contributed by atoms with van der Waals surface area (Å²) in [6.45, 7) is 4.65. The lowest BCUT2D eigenvalue weighted by molar-refractivity contribution is -0.107. The highest BCUT2D eigenvalue weighted by atomic mass is 35.5. The van der Waals surface area contributed by atoms with Crippen molar-refractivity contribution in [3.05, 3.63) is 76.8 Å². The molecule has 2 aromatic carbocycles. The lowest BCUT2D eigenvalue weighted by atomic mass is 10.1. The number of H-pyrrole nitrogens is 1. The average Bonchev–Trinajstić information content (AvgIpc) is 3.30. The van der Waals surface area contributed by atoms with E-state index >= 15 is 0 Å². The standard InChI is InChI=1S/C25H25ClN6O/c1-16-7-5-6-8-20(16)21-13-27-23(29-21)18-10-9-17(2)22(11-18)31(3)14-19-12-28-25(26)30-24(19)32(4)15-33/h5-13,15H,14H2,1-4H3,(H,27,29). The van der Waals surface area contributed by atoms with Crippen molar-refractivity contribution < 1.29 is 4.79 Å². The summed E-state index contributed by atoms with van der Waals surface area (Å²) in [4.78, 5) is 31.2. The fraction of sp³-hybridized carbons (Fsp3) is 0.200. The minimum absolute atomic E-state index is 0.102. The van der Waals surface area contributed by atoms with Crippen LogP contribution < -0.4 is 9.80 Å². The molecule has 0 bridgehead atoms. The highest BCUT2D eigenvalue weighted by molar-refractivity contribution is 6.28. The summed E-state index contributed by atoms with van der Waals surface area (Å²) in [5, 5.41) is 0.102. The zero-order chi connectivity index (χ0) is 23.5. The van der Waals surface area contributed by atoms with Crippen LogP contribution in [-0.4, -0.2) is 40.4 Å². The van der Waals surface area contributed by atoms with E-state index in [0.717, 1.165) is 39.5 Å². The van der Waals surface area contributed by atoms with Gasteiger partial charge in [0.1, 0.15) is 11.6 Å². The molecule has 0 saturated heterocycles. The number of hydrogen-bond donors (Lipinski definition) is 1. The molecule has 0 saturated carbocycles. The first-order chi connectivity index (χ1) is 15.9. The van der Waals surface area contributed by atoms with Gasteiger partial charge in [-0.3, -0.25) is 4.79 Å². The Bertz CT molecular complexity index is 1300. The predicted octanol–water partition coefficient (Wildman–Crippen LogP) is 5.03. The summed E-state index contributed by atoms with van der Waals surface area (Å²) < 4.78 is 0. The number of aromatic nitrogens is 4. The van der Waals surface area contributed by atoms with E-state index in [9.17, 15) is 4.79 Å². The number of aryl methyl sites for hydroxylation is 2. The van der Waals surface area contributed by atoms with Crippen LogP contribution in [-0.2, 0) is 11.3 Å². The Balaban J connectivity index is 1.64. The van der Waals surface area contributed by atoms with Crippen molar-refractivity contribution in [2.45, 2.75) is 20.4 Å². The molecule has 0 unspecified atom stereocenters. The van der Waals surface area contributed by atoms with E-state index in [1.807, 2.05) is 25.4 Å². The third kappa shape index (κ3) is 4.73. The number of hydrogen-bond acceptors (Lipinski definition) is 5. The number of rotatable bonds is 7. The summed E-state index contributed by atoms with van der Waals surface area (Å²) in [7, 11) is 3.64. The van der Waals surface area contributed by atoms with Crippen LogP contribution in [0.2, 0.25) is 5.28 Å². The Hall–Kier alpha value is -3.71. The Morgan fingerprint density at radius 3 is 2.58 bits per heavy atom. The SMILES string of the molecule is Cc1ccccc1-c1cnc(-c2ccc(C)c(N(C)Cc3cnc(Cl)nc3N(C)C=O)c2)[nH]1. The molecule has 4 rings (SSSR count). The van der Waals surface area contributed by atoms with Crippen molar-refractivity contribution in [3.63, 3.8) is 0 Å². The van der Waals surface area contributed by atoms with Crippen LogP contribution in [0.3, 0.4) is 0 Å². The number of aromatic amines is 1. The molecule has 0 aliphatic carbocycles. The second-order valence-corrected chi connectivity index (χ2v) is 8.36. The Kier molecular flexibility index (Phi) is 6.42. The topological polar surface area (TPSA) is 78.0 Å². The van der Waals surface area contributed by atoms with E-state index < -0.39 is 0 Å². The van der Waals surface area contributed by atoms with Gasteiger partial charge in [-0.05, 0) is 42.6 Å². The summed E-state index contributed by atoms with van der Waals surface area (Å²) in [6.07, 6.45) is 4.23. The Morgan fingerprint density at radius 1 is 1.03 bits per heavy atom. The van der Waals surface area contributed by atoms with E-state index in [4.69, 9.17) is 11.6 Å². The van der Waals surface area contributed by atoms with Crippen LogP contribution in [0, 0.1) is 13.8 Å². The third-order valence-corrected chi connectivity index (χ3v) is 5.80. The normalized spacial score (nSPS) is 10.8. The number of imidazole rings is 1. The maximum Gasteiger partial charge on any atom is 0.224 e. The first-order valence-corrected chi connectivity index (χ1v) is 10.9. The van der Waals surface area contributed by atoms with E-state index in [2.05, 4.69) is 69.0 Å². The molecule has 4 aromatic rings. The number of benzene rings is 2. The lowest BCUT2D eigenvalue weighted by Crippen LogP contribution is -2.23. The summed E-state index contributed by atoms with van der Waals surface area (Å²) >= 11 is 5.95. The Labute approximate surface area is 198 Å². The summed E-state index contributed by atoms with van der Waals surface area (Å²) in [5.41, 5.74) is 7.25. The highest BCUT2D eigenvalue weighted by Gasteiger charge is 2.15. The van der Waals surface area contributed by atoms with Gasteiger partial charge in [0, 0.05) is 49.2 Å². The van der Waals surface area contributed by atoms with Gasteiger partial charge in [-0.25, -0.2) is 9.97 Å². The smallest absolute Gasteiger partial charge is 0.224 e. The lowest BCUT2D eigenvalue weighted by Gasteiger charge is -2.24. The Morgan fingerprint density at radius 2 is 1.82 bits per heavy atom. The molecule has 2 heterocycles. The van der Waals surface area contributed by atoms with Crippen LogP contribution in [0.25, 0.3) is 22.6 Å². The molecule has 2 aromatic heterocycles. The first-order valence-electron chi connectivity index (χ1n) is 10.5. The number of halogens is 1. The van der Waals surface area contributed by atoms with Gasteiger partial charge in [0.05, 0.1) is 11.9 Å². The monoisotopic (exact) mass is 460 g/mol. The zero-order valence-corrected chi connectivity index (χ0v) is 19.8. The number of nitrogens with zero attached hydrogens (tertiary/aromatic N) is 5. The average molecular weight is 461 g/mol. The quantitative estimate of drug-likeness (QED) is 0.309. The van der Waals surface area contributed by atoms with E-state index in [1.165, 1.54) is 10.5 Å². The summed E-state index contributed by atoms with van der Waals surface area (Å²) in [5.74, 6) is 1.29. The molecule has 0 atom stereocenters. The van der Waals surface area contributed by atoms with Gasteiger partial charge < -0.3 is 14.8 Å². The maximum atomic E-state index is 11.3. The first kappa shape index (κ1) is 22.5. The van der Waals surface area contributed by atoms with Gasteiger partial charge in [-0.15, -0.1) is 0 Å². The van der Waals surface area contributed by atoms with Crippen molar-refractivity contribution in [1.29, 1.82) is 0 Å². The summed E-state index contributed by atoms with van der Waals surface area (Å²) in [6, 6.07) is 14.5. The highest BCUT2D eigenvalue weighted by Crippen LogP contribution is 2.30. The molecule has 1 N–H and O–H groups in total. The van der Waals surface area contributed by atoms with Crippen molar-refractivity contribution in [3.8, 4) is 22.6 Å². The molecule has 7 nitrogen and oxygen atoms in total. The van der Waals surface area contributed by atoms with Gasteiger partial charge in [-0.1, -0.05) is 36.4 Å². The second-order valence-electron chi connectivity index (χ2n) is 8.02. The third-order valence-electron chi connectivity index (χ3n) is 5.62. The fourth-order valence-electron chi connectivity index (χ4n) is 3.83. The van der Waals surface area contributed by atoms with E-state index in [0.29, 0.717) is 18.8 Å². The fourth-order valence-corrected chi connectivity index (χ4v) is 3.96. The van der Waals surface area contributed by atoms with Crippen molar-refractivity contribution in [2.75, 3.05) is 23.9 Å². The second kappa shape index (κ2) is 9.42. The number of carbonyl (C=O) groups is 1. The number of anilines is 2. The molecule has 0 spiro atoms. The molecule has 0 fully saturated rings. The molecular weight excluding hydrogens is 436 g/mol. The molecule has 0 aliphatic rings. The number of amides is 1. The number of nitrogens with one attached hydrogen (secondary N) is 1. The van der Waals surface area contributed by atoms with Gasteiger partial charge in [0.15, 0.2) is 0 Å². The molecule has 8 heteroatoms. The van der Waals surface area contributed by atoms with Crippen molar-refractivity contribution in [2.24, 2.45) is 0 Å². The van der Waals surface area contributed by atoms with Crippen molar-refractivity contribution in [1.82, 2.24) is 19.9 Å². The van der Waals surface area contributed by atoms with Crippen LogP contribution in [0.5, 0.6) is 0 Å². The zero-order valence-electron chi connectivity index (χ0n) is 19.0. The minimum atomic E-state index is 0.102. The van der Waals surface area contributed by atoms with Crippen LogP contribution in [0.1, 0.15) is 16.7 Å². The molecule has 33 heavy (non-hydrogen) atoms. The van der Waals surface area contributed by atoms with Crippen LogP contribution in [0.15, 0.2) is 54.9 Å². The molecular formula is C25H25ClN6O. The molecule has 0 radical (unpaired) electrons. The molecule has 0 aliphatic heterocycles. The predicted molar refractivity (Wildman–Crippen MR) is 133 cm³/mol. The molecule has 168 valence electrons. The van der Waals surface area contributed by atoms with Crippen LogP contribution in [0.4, 0.5) is 11.5 Å². The van der Waals surface area contributed by atoms with Gasteiger partial charge >= 0.3 is 0 Å². The maximum absolute atomic E-state index is 11.3. The number of carbonyl (C=O) groups excluding carboxylic acids is 1. The van der Waals surface area contributed by atoms with E-state index in [1.54, 1.807) is 13.2 Å². The van der Waals surface area contributed by atoms with Gasteiger partial charge in [-0.2, -0.15) is 4.98 Å². The van der Waals surface area contributed by atoms with Gasteiger partial charge in [0.25, 0.3) is 0 Å². The van der Waals surface area contributed by atoms with Gasteiger partial charge in [0.2, 0.25) is 11.7 Å². The minimum Gasteiger partial charge on any atom is -0.370 e. The van der Waals surface area contributed by atoms with Crippen molar-refractivity contribution >= 4 is 29.5 Å².